The molecule has 0 saturated carbocycles. The molecule has 2 aliphatic heterocycles. The van der Waals surface area contributed by atoms with Crippen LogP contribution in [0, 0.1) is 0 Å². The molecule has 1 N–H and O–H groups in total. The smallest absolute Gasteiger partial charge is 0.285 e. The fraction of sp³-hybridized carbons (Fsp3) is 0.280. The number of hydrogen-bond acceptors (Lipinski definition) is 7. The van der Waals surface area contributed by atoms with E-state index in [9.17, 15) is 14.4 Å². The Morgan fingerprint density at radius 3 is 2.57 bits per heavy atom. The van der Waals surface area contributed by atoms with Gasteiger partial charge in [-0.1, -0.05) is 23.4 Å². The van der Waals surface area contributed by atoms with Crippen molar-refractivity contribution in [2.75, 3.05) is 26.8 Å². The topological polar surface area (TPSA) is 88.2 Å². The summed E-state index contributed by atoms with van der Waals surface area (Å²) in [5, 5.41) is 1.54. The minimum atomic E-state index is -0.487. The third kappa shape index (κ3) is 6.64. The molecule has 8 nitrogen and oxygen atoms in total. The van der Waals surface area contributed by atoms with Gasteiger partial charge in [0.25, 0.3) is 17.7 Å². The van der Waals surface area contributed by atoms with E-state index >= 15 is 0 Å². The second kappa shape index (κ2) is 12.3. The summed E-state index contributed by atoms with van der Waals surface area (Å²) < 4.78 is 12.1. The van der Waals surface area contributed by atoms with Gasteiger partial charge in [0.05, 0.1) is 16.5 Å². The minimum Gasteiger partial charge on any atom is -0.493 e. The number of carbonyl (C=O) groups excluding carboxylic acids is 3. The van der Waals surface area contributed by atoms with Crippen molar-refractivity contribution >= 4 is 79.6 Å². The molecule has 0 bridgehead atoms. The van der Waals surface area contributed by atoms with Gasteiger partial charge in [0.2, 0.25) is 0 Å². The number of carbonyl (C=O) groups is 3. The first-order valence-corrected chi connectivity index (χ1v) is 13.8. The van der Waals surface area contributed by atoms with Gasteiger partial charge in [0.1, 0.15) is 0 Å². The molecule has 2 aromatic carbocycles. The van der Waals surface area contributed by atoms with Crippen LogP contribution >= 0.6 is 51.5 Å². The van der Waals surface area contributed by atoms with E-state index in [4.69, 9.17) is 33.3 Å². The van der Waals surface area contributed by atoms with Crippen molar-refractivity contribution in [3.05, 3.63) is 61.9 Å². The van der Waals surface area contributed by atoms with E-state index in [2.05, 4.69) is 21.4 Å². The number of piperidine rings is 1. The molecule has 0 aliphatic carbocycles. The molecule has 0 unspecified atom stereocenters. The Balaban J connectivity index is 1.46. The second-order valence-electron chi connectivity index (χ2n) is 8.23. The fourth-order valence-electron chi connectivity index (χ4n) is 3.81. The van der Waals surface area contributed by atoms with Crippen molar-refractivity contribution in [2.24, 2.45) is 0 Å². The normalized spacial score (nSPS) is 16.8. The van der Waals surface area contributed by atoms with E-state index in [-0.39, 0.29) is 16.8 Å². The number of ether oxygens (including phenoxy) is 2. The largest absolute Gasteiger partial charge is 0.493 e. The van der Waals surface area contributed by atoms with E-state index in [1.807, 2.05) is 4.90 Å². The third-order valence-electron chi connectivity index (χ3n) is 5.71. The van der Waals surface area contributed by atoms with E-state index in [0.29, 0.717) is 37.0 Å². The highest BCUT2D eigenvalue weighted by Gasteiger charge is 2.34. The van der Waals surface area contributed by atoms with E-state index in [1.54, 1.807) is 42.5 Å². The number of hydrogen-bond donors (Lipinski definition) is 1. The Labute approximate surface area is 237 Å². The molecule has 3 amide bonds. The molecule has 2 saturated heterocycles. The first-order chi connectivity index (χ1) is 17.8. The molecule has 0 spiro atoms. The number of halogens is 2. The average Bonchev–Trinajstić information content (AvgIpc) is 3.15. The molecular weight excluding hydrogens is 602 g/mol. The van der Waals surface area contributed by atoms with Crippen LogP contribution in [0.15, 0.2) is 45.8 Å². The standard InChI is InChI=1S/C25H23BrClN3O5S2/c1-34-19-12-15(11-18(26)22(19)35-14-21(31)29-9-3-2-4-10-29)13-20-24(33)30(25(36)37-20)28-23(32)16-5-7-17(27)8-6-16/h5-8,11-13H,2-4,9-10,14H2,1H3,(H,28,32)/b20-13+. The zero-order valence-electron chi connectivity index (χ0n) is 19.8. The summed E-state index contributed by atoms with van der Waals surface area (Å²) >= 11 is 15.7. The van der Waals surface area contributed by atoms with Gasteiger partial charge < -0.3 is 14.4 Å². The van der Waals surface area contributed by atoms with Crippen LogP contribution in [0.4, 0.5) is 0 Å². The summed E-state index contributed by atoms with van der Waals surface area (Å²) in [6.07, 6.45) is 4.79. The molecule has 194 valence electrons. The van der Waals surface area contributed by atoms with Crippen LogP contribution in [0.3, 0.4) is 0 Å². The zero-order chi connectivity index (χ0) is 26.5. The van der Waals surface area contributed by atoms with Crippen LogP contribution in [0.25, 0.3) is 6.08 Å². The number of thiocarbonyl (C=S) groups is 1. The second-order valence-corrected chi connectivity index (χ2v) is 11.2. The van der Waals surface area contributed by atoms with Gasteiger partial charge in [0, 0.05) is 23.7 Å². The number of hydrazine groups is 1. The van der Waals surface area contributed by atoms with E-state index in [1.165, 1.54) is 7.11 Å². The molecule has 0 radical (unpaired) electrons. The monoisotopic (exact) mass is 623 g/mol. The summed E-state index contributed by atoms with van der Waals surface area (Å²) in [7, 11) is 1.50. The lowest BCUT2D eigenvalue weighted by atomic mass is 10.1. The maximum absolute atomic E-state index is 13.0. The number of nitrogens with zero attached hydrogens (tertiary/aromatic N) is 2. The van der Waals surface area contributed by atoms with Crippen LogP contribution in [0.5, 0.6) is 11.5 Å². The average molecular weight is 625 g/mol. The highest BCUT2D eigenvalue weighted by Crippen LogP contribution is 2.39. The lowest BCUT2D eigenvalue weighted by molar-refractivity contribution is -0.134. The lowest BCUT2D eigenvalue weighted by Crippen LogP contribution is -2.44. The van der Waals surface area contributed by atoms with Crippen molar-refractivity contribution in [1.82, 2.24) is 15.3 Å². The van der Waals surface area contributed by atoms with Crippen molar-refractivity contribution in [1.29, 1.82) is 0 Å². The van der Waals surface area contributed by atoms with E-state index < -0.39 is 11.8 Å². The number of nitrogens with one attached hydrogen (secondary N) is 1. The molecular formula is C25H23BrClN3O5S2. The molecule has 0 aromatic heterocycles. The Morgan fingerprint density at radius 2 is 1.89 bits per heavy atom. The molecule has 12 heteroatoms. The van der Waals surface area contributed by atoms with Gasteiger partial charge in [-0.25, -0.2) is 0 Å². The third-order valence-corrected chi connectivity index (χ3v) is 7.85. The number of benzene rings is 2. The summed E-state index contributed by atoms with van der Waals surface area (Å²) in [6, 6.07) is 9.73. The quantitative estimate of drug-likeness (QED) is 0.341. The summed E-state index contributed by atoms with van der Waals surface area (Å²) in [4.78, 5) is 40.2. The highest BCUT2D eigenvalue weighted by molar-refractivity contribution is 9.10. The molecule has 4 rings (SSSR count). The van der Waals surface area contributed by atoms with Crippen molar-refractivity contribution in [3.8, 4) is 11.5 Å². The molecule has 37 heavy (non-hydrogen) atoms. The number of rotatable bonds is 7. The maximum atomic E-state index is 13.0. The van der Waals surface area contributed by atoms with Crippen LogP contribution < -0.4 is 14.9 Å². The van der Waals surface area contributed by atoms with Crippen molar-refractivity contribution in [3.63, 3.8) is 0 Å². The Kier molecular flexibility index (Phi) is 9.12. The molecule has 0 atom stereocenters. The van der Waals surface area contributed by atoms with Gasteiger partial charge >= 0.3 is 0 Å². The maximum Gasteiger partial charge on any atom is 0.285 e. The van der Waals surface area contributed by atoms with Gasteiger partial charge in [-0.05, 0) is 95.4 Å². The van der Waals surface area contributed by atoms with Gasteiger partial charge in [-0.2, -0.15) is 5.01 Å². The van der Waals surface area contributed by atoms with Gasteiger partial charge in [-0.15, -0.1) is 0 Å². The van der Waals surface area contributed by atoms with Crippen LogP contribution in [0.2, 0.25) is 5.02 Å². The summed E-state index contributed by atoms with van der Waals surface area (Å²) in [5.74, 6) is -0.215. The Morgan fingerprint density at radius 1 is 1.19 bits per heavy atom. The fourth-order valence-corrected chi connectivity index (χ4v) is 5.69. The number of thioether (sulfide) groups is 1. The lowest BCUT2D eigenvalue weighted by Gasteiger charge is -2.26. The van der Waals surface area contributed by atoms with Crippen LogP contribution in [-0.4, -0.2) is 58.8 Å². The van der Waals surface area contributed by atoms with Crippen LogP contribution in [-0.2, 0) is 9.59 Å². The van der Waals surface area contributed by atoms with Gasteiger partial charge in [0.15, 0.2) is 22.4 Å². The summed E-state index contributed by atoms with van der Waals surface area (Å²) in [5.41, 5.74) is 3.52. The number of likely N-dealkylation sites (tertiary alicyclic amines) is 1. The molecule has 2 aliphatic rings. The number of methoxy groups -OCH3 is 1. The first-order valence-electron chi connectivity index (χ1n) is 11.4. The minimum absolute atomic E-state index is 0.0675. The van der Waals surface area contributed by atoms with Crippen LogP contribution in [0.1, 0.15) is 35.2 Å². The van der Waals surface area contributed by atoms with E-state index in [0.717, 1.165) is 49.1 Å². The predicted octanol–water partition coefficient (Wildman–Crippen LogP) is 5.05. The first kappa shape index (κ1) is 27.4. The highest BCUT2D eigenvalue weighted by atomic mass is 79.9. The van der Waals surface area contributed by atoms with Crippen molar-refractivity contribution in [2.45, 2.75) is 19.3 Å². The molecule has 2 heterocycles. The Bertz CT molecular complexity index is 1270. The Hall–Kier alpha value is -2.60. The number of amides is 3. The van der Waals surface area contributed by atoms with Crippen molar-refractivity contribution < 1.29 is 23.9 Å². The molecule has 2 fully saturated rings. The predicted molar refractivity (Wildman–Crippen MR) is 151 cm³/mol. The zero-order valence-corrected chi connectivity index (χ0v) is 23.8. The van der Waals surface area contributed by atoms with Gasteiger partial charge in [-0.3, -0.25) is 19.8 Å². The summed E-state index contributed by atoms with van der Waals surface area (Å²) in [6.45, 7) is 1.40. The molecule has 2 aromatic rings. The SMILES string of the molecule is COc1cc(/C=C2/SC(=S)N(NC(=O)c3ccc(Cl)cc3)C2=O)cc(Br)c1OCC(=O)N1CCCCC1.